The first-order valence-electron chi connectivity index (χ1n) is 16.9. The van der Waals surface area contributed by atoms with Gasteiger partial charge in [-0.15, -0.1) is 0 Å². The third kappa shape index (κ3) is 20.6. The number of nitrogens with zero attached hydrogens (tertiary/aromatic N) is 1. The molecule has 226 valence electrons. The van der Waals surface area contributed by atoms with Crippen molar-refractivity contribution in [3.63, 3.8) is 0 Å². The molecule has 1 aliphatic heterocycles. The molecule has 0 aromatic heterocycles. The molecule has 39 heavy (non-hydrogen) atoms. The molecule has 0 aliphatic carbocycles. The van der Waals surface area contributed by atoms with Crippen LogP contribution in [0.15, 0.2) is 30.3 Å². The van der Waals surface area contributed by atoms with Gasteiger partial charge >= 0.3 is 0 Å². The Hall–Kier alpha value is -0.940. The predicted molar refractivity (Wildman–Crippen MR) is 166 cm³/mol. The summed E-state index contributed by atoms with van der Waals surface area (Å²) in [6, 6.07) is 10.4. The van der Waals surface area contributed by atoms with Crippen molar-refractivity contribution in [1.29, 1.82) is 0 Å². The van der Waals surface area contributed by atoms with Crippen LogP contribution in [0.25, 0.3) is 0 Å². The topological polar surface area (TPSA) is 30.9 Å². The minimum absolute atomic E-state index is 0.000977. The molecule has 1 fully saturated rings. The van der Waals surface area contributed by atoms with E-state index in [9.17, 15) is 0 Å². The molecular formula is C35H63NO3. The van der Waals surface area contributed by atoms with Crippen LogP contribution in [0.5, 0.6) is 0 Å². The predicted octanol–water partition coefficient (Wildman–Crippen LogP) is 9.35. The Morgan fingerprint density at radius 3 is 1.69 bits per heavy atom. The van der Waals surface area contributed by atoms with Crippen molar-refractivity contribution < 1.29 is 14.2 Å². The van der Waals surface area contributed by atoms with Gasteiger partial charge in [0, 0.05) is 13.2 Å². The van der Waals surface area contributed by atoms with E-state index in [1.165, 1.54) is 134 Å². The van der Waals surface area contributed by atoms with Gasteiger partial charge < -0.3 is 19.1 Å². The van der Waals surface area contributed by atoms with Crippen LogP contribution in [-0.2, 0) is 20.8 Å². The first-order chi connectivity index (χ1) is 19.4. The van der Waals surface area contributed by atoms with Gasteiger partial charge in [-0.1, -0.05) is 127 Å². The highest BCUT2D eigenvalue weighted by atomic mass is 16.6. The van der Waals surface area contributed by atoms with E-state index in [0.29, 0.717) is 19.8 Å². The van der Waals surface area contributed by atoms with Gasteiger partial charge in [-0.25, -0.2) is 0 Å². The van der Waals surface area contributed by atoms with Gasteiger partial charge in [0.05, 0.1) is 19.8 Å². The molecule has 1 saturated heterocycles. The Bertz CT molecular complexity index is 620. The Morgan fingerprint density at radius 1 is 0.615 bits per heavy atom. The second-order valence-corrected chi connectivity index (χ2v) is 11.8. The van der Waals surface area contributed by atoms with Gasteiger partial charge in [-0.05, 0) is 57.3 Å². The lowest BCUT2D eigenvalue weighted by molar-refractivity contribution is -0.0675. The minimum atomic E-state index is -0.000977. The molecule has 1 unspecified atom stereocenters. The van der Waals surface area contributed by atoms with Crippen LogP contribution in [0, 0.1) is 0 Å². The van der Waals surface area contributed by atoms with E-state index < -0.39 is 0 Å². The standard InChI is InChI=1S/C35H63NO3/c1-2-3-4-5-6-7-8-9-10-11-12-13-14-22-29-37-32-35(39-31-34-24-17-15-18-25-34)33-38-30-23-21-28-36-26-19-16-20-27-36/h15,17-18,24-25,35H,2-14,16,19-23,26-33H2,1H3. The number of ether oxygens (including phenoxy) is 3. The molecular weight excluding hydrogens is 482 g/mol. The zero-order valence-electron chi connectivity index (χ0n) is 25.7. The van der Waals surface area contributed by atoms with Gasteiger partial charge in [0.15, 0.2) is 0 Å². The van der Waals surface area contributed by atoms with Gasteiger partial charge in [0.2, 0.25) is 0 Å². The molecule has 0 radical (unpaired) electrons. The third-order valence-electron chi connectivity index (χ3n) is 8.04. The number of piperidine rings is 1. The molecule has 2 rings (SSSR count). The van der Waals surface area contributed by atoms with Crippen LogP contribution in [0.4, 0.5) is 0 Å². The SMILES string of the molecule is CCCCCCCCCCCCCCCCOCC(COCCCCN1CCCCC1)OCc1ccccc1. The number of likely N-dealkylation sites (tertiary alicyclic amines) is 1. The molecule has 1 aromatic rings. The monoisotopic (exact) mass is 545 g/mol. The molecule has 1 heterocycles. The van der Waals surface area contributed by atoms with Crippen molar-refractivity contribution >= 4 is 0 Å². The summed E-state index contributed by atoms with van der Waals surface area (Å²) >= 11 is 0. The van der Waals surface area contributed by atoms with Crippen molar-refractivity contribution in [2.45, 2.75) is 142 Å². The van der Waals surface area contributed by atoms with Crippen molar-refractivity contribution in [3.05, 3.63) is 35.9 Å². The Kier molecular flexibility index (Phi) is 22.8. The maximum atomic E-state index is 6.20. The molecule has 0 spiro atoms. The summed E-state index contributed by atoms with van der Waals surface area (Å²) in [5.41, 5.74) is 1.20. The highest BCUT2D eigenvalue weighted by molar-refractivity contribution is 5.13. The summed E-state index contributed by atoms with van der Waals surface area (Å²) in [6.45, 7) is 9.60. The van der Waals surface area contributed by atoms with Crippen LogP contribution < -0.4 is 0 Å². The molecule has 0 bridgehead atoms. The van der Waals surface area contributed by atoms with E-state index in [1.54, 1.807) is 0 Å². The zero-order valence-corrected chi connectivity index (χ0v) is 25.7. The van der Waals surface area contributed by atoms with E-state index in [2.05, 4.69) is 36.1 Å². The lowest BCUT2D eigenvalue weighted by atomic mass is 10.0. The van der Waals surface area contributed by atoms with Gasteiger partial charge in [-0.3, -0.25) is 0 Å². The van der Waals surface area contributed by atoms with Gasteiger partial charge in [-0.2, -0.15) is 0 Å². The van der Waals surface area contributed by atoms with Gasteiger partial charge in [0.25, 0.3) is 0 Å². The van der Waals surface area contributed by atoms with Crippen LogP contribution in [-0.4, -0.2) is 57.1 Å². The fraction of sp³-hybridized carbons (Fsp3) is 0.829. The van der Waals surface area contributed by atoms with Crippen molar-refractivity contribution in [2.75, 3.05) is 46.1 Å². The molecule has 1 aromatic carbocycles. The second kappa shape index (κ2) is 26.0. The number of benzene rings is 1. The molecule has 0 amide bonds. The number of unbranched alkanes of at least 4 members (excludes halogenated alkanes) is 14. The Morgan fingerprint density at radius 2 is 1.13 bits per heavy atom. The highest BCUT2D eigenvalue weighted by Gasteiger charge is 2.12. The maximum Gasteiger partial charge on any atom is 0.105 e. The third-order valence-corrected chi connectivity index (χ3v) is 8.04. The van der Waals surface area contributed by atoms with E-state index in [4.69, 9.17) is 14.2 Å². The van der Waals surface area contributed by atoms with E-state index >= 15 is 0 Å². The van der Waals surface area contributed by atoms with Crippen molar-refractivity contribution in [1.82, 2.24) is 4.90 Å². The molecule has 0 N–H and O–H groups in total. The molecule has 1 aliphatic rings. The normalized spacial score (nSPS) is 15.1. The van der Waals surface area contributed by atoms with Crippen LogP contribution in [0.3, 0.4) is 0 Å². The lowest BCUT2D eigenvalue weighted by Gasteiger charge is -2.26. The minimum Gasteiger partial charge on any atom is -0.379 e. The molecule has 4 nitrogen and oxygen atoms in total. The first kappa shape index (κ1) is 34.3. The van der Waals surface area contributed by atoms with E-state index in [0.717, 1.165) is 26.1 Å². The average molecular weight is 546 g/mol. The number of hydrogen-bond acceptors (Lipinski definition) is 4. The number of rotatable bonds is 27. The average Bonchev–Trinajstić information content (AvgIpc) is 2.98. The number of hydrogen-bond donors (Lipinski definition) is 0. The van der Waals surface area contributed by atoms with Crippen LogP contribution in [0.2, 0.25) is 0 Å². The van der Waals surface area contributed by atoms with Crippen LogP contribution >= 0.6 is 0 Å². The highest BCUT2D eigenvalue weighted by Crippen LogP contribution is 2.13. The van der Waals surface area contributed by atoms with Crippen molar-refractivity contribution in [3.8, 4) is 0 Å². The summed E-state index contributed by atoms with van der Waals surface area (Å²) in [4.78, 5) is 2.61. The Labute approximate surface area is 242 Å². The molecule has 0 saturated carbocycles. The zero-order chi connectivity index (χ0) is 27.5. The molecule has 4 heteroatoms. The fourth-order valence-electron chi connectivity index (χ4n) is 5.48. The smallest absolute Gasteiger partial charge is 0.105 e. The van der Waals surface area contributed by atoms with E-state index in [1.807, 2.05) is 6.07 Å². The first-order valence-corrected chi connectivity index (χ1v) is 16.9. The fourth-order valence-corrected chi connectivity index (χ4v) is 5.48. The summed E-state index contributed by atoms with van der Waals surface area (Å²) in [6.07, 6.45) is 25.9. The molecule has 1 atom stereocenters. The van der Waals surface area contributed by atoms with Crippen LogP contribution in [0.1, 0.15) is 134 Å². The largest absolute Gasteiger partial charge is 0.379 e. The van der Waals surface area contributed by atoms with Crippen molar-refractivity contribution in [2.24, 2.45) is 0 Å². The summed E-state index contributed by atoms with van der Waals surface area (Å²) < 4.78 is 18.3. The second-order valence-electron chi connectivity index (χ2n) is 11.8. The maximum absolute atomic E-state index is 6.20. The summed E-state index contributed by atoms with van der Waals surface area (Å²) in [7, 11) is 0. The summed E-state index contributed by atoms with van der Waals surface area (Å²) in [5, 5.41) is 0. The quantitative estimate of drug-likeness (QED) is 0.103. The summed E-state index contributed by atoms with van der Waals surface area (Å²) in [5.74, 6) is 0. The Balaban J connectivity index is 1.45. The van der Waals surface area contributed by atoms with E-state index in [-0.39, 0.29) is 6.10 Å². The van der Waals surface area contributed by atoms with Gasteiger partial charge in [0.1, 0.15) is 6.10 Å². The lowest BCUT2D eigenvalue weighted by Crippen LogP contribution is -2.30.